The van der Waals surface area contributed by atoms with Crippen molar-refractivity contribution in [2.75, 3.05) is 25.6 Å². The molecule has 0 saturated heterocycles. The van der Waals surface area contributed by atoms with Gasteiger partial charge in [-0.2, -0.15) is 5.10 Å². The second-order valence-corrected chi connectivity index (χ2v) is 6.50. The van der Waals surface area contributed by atoms with Gasteiger partial charge in [-0.25, -0.2) is 0 Å². The van der Waals surface area contributed by atoms with E-state index in [1.807, 2.05) is 25.2 Å². The molecular weight excluding hydrogens is 332 g/mol. The van der Waals surface area contributed by atoms with Crippen LogP contribution < -0.4 is 0 Å². The molecule has 0 N–H and O–H groups in total. The van der Waals surface area contributed by atoms with Crippen molar-refractivity contribution in [2.24, 2.45) is 5.10 Å². The summed E-state index contributed by atoms with van der Waals surface area (Å²) in [7, 11) is 1.86. The summed E-state index contributed by atoms with van der Waals surface area (Å²) in [6.45, 7) is 0.667. The average molecular weight is 347 g/mol. The molecule has 0 spiro atoms. The van der Waals surface area contributed by atoms with Crippen LogP contribution in [0.15, 0.2) is 27.8 Å². The molecule has 6 heteroatoms. The number of benzene rings is 1. The predicted octanol–water partition coefficient (Wildman–Crippen LogP) is 2.44. The highest BCUT2D eigenvalue weighted by Crippen LogP contribution is 2.14. The van der Waals surface area contributed by atoms with Gasteiger partial charge >= 0.3 is 0 Å². The largest absolute Gasteiger partial charge is 0.617 e. The molecule has 0 heterocycles. The summed E-state index contributed by atoms with van der Waals surface area (Å²) in [5, 5.41) is 7.71. The molecule has 0 amide bonds. The quantitative estimate of drug-likeness (QED) is 0.343. The number of thiocarbonyl (C=S) groups is 1. The smallest absolute Gasteiger partial charge is 0.124 e. The number of rotatable bonds is 6. The van der Waals surface area contributed by atoms with Crippen molar-refractivity contribution in [2.45, 2.75) is 0 Å². The number of hydrogen-bond acceptors (Lipinski definition) is 4. The molecule has 0 aliphatic heterocycles. The first-order valence-electron chi connectivity index (χ1n) is 5.33. The Hall–Kier alpha value is -0.430. The molecule has 18 heavy (non-hydrogen) atoms. The molecule has 0 aliphatic rings. The van der Waals surface area contributed by atoms with E-state index in [0.29, 0.717) is 12.3 Å². The summed E-state index contributed by atoms with van der Waals surface area (Å²) in [4.78, 5) is 0. The number of nitrogens with zero attached hydrogens (tertiary/aromatic N) is 2. The zero-order valence-electron chi connectivity index (χ0n) is 10.3. The highest BCUT2D eigenvalue weighted by Gasteiger charge is 2.01. The van der Waals surface area contributed by atoms with Crippen LogP contribution in [0.25, 0.3) is 0 Å². The molecule has 1 atom stereocenters. The lowest BCUT2D eigenvalue weighted by Gasteiger charge is -2.13. The first-order valence-corrected chi connectivity index (χ1v) is 8.32. The van der Waals surface area contributed by atoms with Gasteiger partial charge in [0.25, 0.3) is 0 Å². The Morgan fingerprint density at radius 1 is 1.50 bits per heavy atom. The highest BCUT2D eigenvalue weighted by molar-refractivity contribution is 9.10. The summed E-state index contributed by atoms with van der Waals surface area (Å²) in [5.74, 6) is 0.617. The third kappa shape index (κ3) is 5.48. The molecule has 1 unspecified atom stereocenters. The summed E-state index contributed by atoms with van der Waals surface area (Å²) in [6.07, 6.45) is 3.46. The zero-order valence-corrected chi connectivity index (χ0v) is 13.5. The molecule has 3 nitrogen and oxygen atoms in total. The molecule has 0 saturated carbocycles. The maximum absolute atomic E-state index is 11.0. The van der Waals surface area contributed by atoms with Gasteiger partial charge in [-0.05, 0) is 17.7 Å². The van der Waals surface area contributed by atoms with Crippen molar-refractivity contribution < 1.29 is 4.55 Å². The first kappa shape index (κ1) is 15.6. The second-order valence-electron chi connectivity index (χ2n) is 3.79. The van der Waals surface area contributed by atoms with Crippen LogP contribution in [0.3, 0.4) is 0 Å². The molecule has 98 valence electrons. The fraction of sp³-hybridized carbons (Fsp3) is 0.333. The standard InChI is InChI=1S/C12H15BrN2OS2/c1-15(5-6-18(2)16)14-8-11-7-12(13)4-3-10(11)9-17/h3-4,7-9H,5-6H2,1-2H3/b14-8-. The van der Waals surface area contributed by atoms with E-state index in [2.05, 4.69) is 21.0 Å². The van der Waals surface area contributed by atoms with Gasteiger partial charge in [0.05, 0.1) is 19.0 Å². The van der Waals surface area contributed by atoms with Gasteiger partial charge in [0, 0.05) is 22.5 Å². The van der Waals surface area contributed by atoms with E-state index in [4.69, 9.17) is 12.2 Å². The normalized spacial score (nSPS) is 12.7. The molecule has 1 rings (SSSR count). The molecule has 1 aromatic carbocycles. The van der Waals surface area contributed by atoms with Crippen molar-refractivity contribution >= 4 is 50.9 Å². The Balaban J connectivity index is 2.71. The van der Waals surface area contributed by atoms with Crippen LogP contribution in [0.1, 0.15) is 11.1 Å². The third-order valence-corrected chi connectivity index (χ3v) is 3.78. The Morgan fingerprint density at radius 2 is 2.22 bits per heavy atom. The van der Waals surface area contributed by atoms with Gasteiger partial charge in [-0.3, -0.25) is 5.01 Å². The van der Waals surface area contributed by atoms with Gasteiger partial charge in [0.2, 0.25) is 0 Å². The van der Waals surface area contributed by atoms with E-state index in [0.717, 1.165) is 15.6 Å². The highest BCUT2D eigenvalue weighted by atomic mass is 79.9. The maximum atomic E-state index is 11.0. The van der Waals surface area contributed by atoms with Gasteiger partial charge in [-0.15, -0.1) is 0 Å². The predicted molar refractivity (Wildman–Crippen MR) is 86.1 cm³/mol. The molecule has 0 aromatic heterocycles. The fourth-order valence-electron chi connectivity index (χ4n) is 1.24. The van der Waals surface area contributed by atoms with Crippen molar-refractivity contribution in [1.29, 1.82) is 0 Å². The van der Waals surface area contributed by atoms with E-state index in [1.165, 1.54) is 0 Å². The SMILES string of the molecule is CN(CC[S+](C)[O-])/N=C\c1cc(Br)ccc1C=S. The second kappa shape index (κ2) is 7.89. The minimum atomic E-state index is -0.790. The topological polar surface area (TPSA) is 38.7 Å². The minimum Gasteiger partial charge on any atom is -0.617 e. The first-order chi connectivity index (χ1) is 8.52. The number of hydrazone groups is 1. The zero-order chi connectivity index (χ0) is 13.5. The van der Waals surface area contributed by atoms with Crippen LogP contribution in [-0.4, -0.2) is 46.7 Å². The van der Waals surface area contributed by atoms with Crippen molar-refractivity contribution in [3.8, 4) is 0 Å². The summed E-state index contributed by atoms with van der Waals surface area (Å²) >= 11 is 7.59. The number of halogens is 1. The van der Waals surface area contributed by atoms with E-state index in [9.17, 15) is 4.55 Å². The summed E-state index contributed by atoms with van der Waals surface area (Å²) in [6, 6.07) is 5.85. The molecule has 0 radical (unpaired) electrons. The fourth-order valence-corrected chi connectivity index (χ4v) is 2.36. The lowest BCUT2D eigenvalue weighted by molar-refractivity contribution is 0.377. The number of hydrogen-bond donors (Lipinski definition) is 0. The molecule has 0 bridgehead atoms. The lowest BCUT2D eigenvalue weighted by atomic mass is 10.1. The summed E-state index contributed by atoms with van der Waals surface area (Å²) < 4.78 is 12.0. The van der Waals surface area contributed by atoms with Gasteiger partial charge in [0.15, 0.2) is 0 Å². The Bertz CT molecular complexity index is 438. The van der Waals surface area contributed by atoms with Crippen molar-refractivity contribution in [3.63, 3.8) is 0 Å². The van der Waals surface area contributed by atoms with Crippen LogP contribution in [0.2, 0.25) is 0 Å². The van der Waals surface area contributed by atoms with Crippen molar-refractivity contribution in [3.05, 3.63) is 33.8 Å². The van der Waals surface area contributed by atoms with Crippen LogP contribution in [-0.2, 0) is 11.2 Å². The van der Waals surface area contributed by atoms with Crippen LogP contribution in [0.4, 0.5) is 0 Å². The van der Waals surface area contributed by atoms with Gasteiger partial charge in [0.1, 0.15) is 5.75 Å². The summed E-state index contributed by atoms with van der Waals surface area (Å²) in [5.41, 5.74) is 1.92. The average Bonchev–Trinajstić information content (AvgIpc) is 2.34. The molecular formula is C12H15BrN2OS2. The van der Waals surface area contributed by atoms with Crippen LogP contribution >= 0.6 is 28.1 Å². The van der Waals surface area contributed by atoms with E-state index >= 15 is 0 Å². The van der Waals surface area contributed by atoms with E-state index < -0.39 is 11.2 Å². The van der Waals surface area contributed by atoms with E-state index in [-0.39, 0.29) is 0 Å². The van der Waals surface area contributed by atoms with Gasteiger partial charge in [-0.1, -0.05) is 45.4 Å². The van der Waals surface area contributed by atoms with Crippen LogP contribution in [0, 0.1) is 0 Å². The molecule has 0 fully saturated rings. The third-order valence-electron chi connectivity index (χ3n) is 2.27. The Labute approximate surface area is 125 Å². The van der Waals surface area contributed by atoms with Gasteiger partial charge < -0.3 is 4.55 Å². The lowest BCUT2D eigenvalue weighted by Crippen LogP contribution is -2.20. The van der Waals surface area contributed by atoms with Crippen molar-refractivity contribution in [1.82, 2.24) is 5.01 Å². The monoisotopic (exact) mass is 346 g/mol. The maximum Gasteiger partial charge on any atom is 0.124 e. The Kier molecular flexibility index (Phi) is 6.85. The minimum absolute atomic E-state index is 0.617. The van der Waals surface area contributed by atoms with E-state index in [1.54, 1.807) is 22.8 Å². The Morgan fingerprint density at radius 3 is 2.83 bits per heavy atom. The molecule has 0 aliphatic carbocycles. The van der Waals surface area contributed by atoms with Crippen LogP contribution in [0.5, 0.6) is 0 Å². The molecule has 1 aromatic rings.